The Morgan fingerprint density at radius 2 is 1.34 bits per heavy atom. The van der Waals surface area contributed by atoms with Gasteiger partial charge in [0.2, 0.25) is 0 Å². The summed E-state index contributed by atoms with van der Waals surface area (Å²) in [7, 11) is -4.58. The van der Waals surface area contributed by atoms with E-state index in [1.54, 1.807) is 0 Å². The van der Waals surface area contributed by atoms with Gasteiger partial charge in [0.1, 0.15) is 12.7 Å². The van der Waals surface area contributed by atoms with Gasteiger partial charge in [-0.3, -0.25) is 18.6 Å². The fourth-order valence-electron chi connectivity index (χ4n) is 3.43. The van der Waals surface area contributed by atoms with Gasteiger partial charge >= 0.3 is 19.8 Å². The molecule has 3 unspecified atom stereocenters. The molecule has 10 nitrogen and oxygen atoms in total. The van der Waals surface area contributed by atoms with Gasteiger partial charge in [-0.25, -0.2) is 4.57 Å². The molecule has 0 saturated carbocycles. The third-order valence-electron chi connectivity index (χ3n) is 5.64. The number of carbonyl (C=O) groups excluding carboxylic acids is 2. The molecule has 38 heavy (non-hydrogen) atoms. The average molecular weight is 567 g/mol. The van der Waals surface area contributed by atoms with E-state index in [1.165, 1.54) is 32.1 Å². The maximum absolute atomic E-state index is 12.3. The second-order valence-corrected chi connectivity index (χ2v) is 10.9. The number of unbranched alkanes of at least 4 members (excludes halogenated alkanes) is 10. The highest BCUT2D eigenvalue weighted by atomic mass is 31.2. The van der Waals surface area contributed by atoms with Crippen LogP contribution in [0.25, 0.3) is 0 Å². The molecular weight excluding hydrogens is 515 g/mol. The average Bonchev–Trinajstić information content (AvgIpc) is 2.89. The van der Waals surface area contributed by atoms with Crippen molar-refractivity contribution < 1.29 is 47.8 Å². The molecule has 0 amide bonds. The zero-order chi connectivity index (χ0) is 28.5. The van der Waals surface area contributed by atoms with E-state index < -0.39 is 51.8 Å². The first-order valence-electron chi connectivity index (χ1n) is 14.1. The number of hydrogen-bond acceptors (Lipinski definition) is 9. The van der Waals surface area contributed by atoms with Crippen molar-refractivity contribution in [3.05, 3.63) is 12.2 Å². The minimum absolute atomic E-state index is 0.174. The number of phosphoric ester groups is 1. The first kappa shape index (κ1) is 36.7. The van der Waals surface area contributed by atoms with E-state index in [0.29, 0.717) is 12.8 Å². The van der Waals surface area contributed by atoms with Crippen LogP contribution in [-0.2, 0) is 32.7 Å². The van der Waals surface area contributed by atoms with E-state index >= 15 is 0 Å². The Labute approximate surface area is 228 Å². The highest BCUT2D eigenvalue weighted by Gasteiger charge is 2.27. The van der Waals surface area contributed by atoms with Crippen LogP contribution in [0.1, 0.15) is 110 Å². The van der Waals surface area contributed by atoms with E-state index in [-0.39, 0.29) is 19.4 Å². The molecule has 0 aromatic heterocycles. The van der Waals surface area contributed by atoms with Crippen LogP contribution >= 0.6 is 7.82 Å². The zero-order valence-electron chi connectivity index (χ0n) is 23.4. The molecular formula is C27H51O10P. The van der Waals surface area contributed by atoms with Crippen LogP contribution in [0.3, 0.4) is 0 Å². The van der Waals surface area contributed by atoms with E-state index in [2.05, 4.69) is 23.6 Å². The molecule has 0 aromatic carbocycles. The number of phosphoric acid groups is 1. The predicted octanol–water partition coefficient (Wildman–Crippen LogP) is 5.38. The summed E-state index contributed by atoms with van der Waals surface area (Å²) < 4.78 is 31.7. The van der Waals surface area contributed by atoms with Crippen molar-refractivity contribution in [1.82, 2.24) is 0 Å². The Balaban J connectivity index is 4.22. The number of hydrogen-bond donors (Lipinski definition) is 3. The Kier molecular flexibility index (Phi) is 23.9. The predicted molar refractivity (Wildman–Crippen MR) is 145 cm³/mol. The first-order chi connectivity index (χ1) is 18.2. The molecule has 3 atom stereocenters. The highest BCUT2D eigenvalue weighted by molar-refractivity contribution is 7.47. The highest BCUT2D eigenvalue weighted by Crippen LogP contribution is 2.43. The lowest BCUT2D eigenvalue weighted by atomic mass is 10.1. The van der Waals surface area contributed by atoms with Crippen molar-refractivity contribution in [2.75, 3.05) is 26.4 Å². The topological polar surface area (TPSA) is 149 Å². The van der Waals surface area contributed by atoms with Crippen molar-refractivity contribution in [2.24, 2.45) is 0 Å². The third-order valence-corrected chi connectivity index (χ3v) is 6.59. The smallest absolute Gasteiger partial charge is 0.462 e. The molecule has 224 valence electrons. The number of rotatable bonds is 26. The summed E-state index contributed by atoms with van der Waals surface area (Å²) in [5, 5.41) is 18.0. The molecule has 0 radical (unpaired) electrons. The van der Waals surface area contributed by atoms with Gasteiger partial charge in [0.05, 0.1) is 19.8 Å². The monoisotopic (exact) mass is 566 g/mol. The Morgan fingerprint density at radius 1 is 0.763 bits per heavy atom. The quantitative estimate of drug-likeness (QED) is 0.0539. The maximum atomic E-state index is 12.3. The molecule has 0 heterocycles. The van der Waals surface area contributed by atoms with Gasteiger partial charge in [-0.2, -0.15) is 0 Å². The molecule has 0 spiro atoms. The lowest BCUT2D eigenvalue weighted by molar-refractivity contribution is -0.161. The maximum Gasteiger partial charge on any atom is 0.472 e. The zero-order valence-corrected chi connectivity index (χ0v) is 24.3. The molecule has 0 fully saturated rings. The van der Waals surface area contributed by atoms with Gasteiger partial charge in [0, 0.05) is 12.8 Å². The van der Waals surface area contributed by atoms with Crippen molar-refractivity contribution in [3.8, 4) is 0 Å². The molecule has 0 aliphatic rings. The van der Waals surface area contributed by atoms with E-state index in [0.717, 1.165) is 38.5 Å². The number of aliphatic hydroxyl groups is 2. The first-order valence-corrected chi connectivity index (χ1v) is 15.6. The van der Waals surface area contributed by atoms with Crippen LogP contribution in [0.4, 0.5) is 0 Å². The SMILES string of the molecule is CCCCCCC/C=C\CCCCCCCC(=O)OC(COC(=O)CCC)COP(=O)(O)OCC(O)CO. The summed E-state index contributed by atoms with van der Waals surface area (Å²) >= 11 is 0. The van der Waals surface area contributed by atoms with Crippen LogP contribution in [-0.4, -0.2) is 65.7 Å². The number of carbonyl (C=O) groups is 2. The second kappa shape index (κ2) is 24.7. The van der Waals surface area contributed by atoms with Crippen molar-refractivity contribution in [2.45, 2.75) is 122 Å². The van der Waals surface area contributed by atoms with Gasteiger partial charge in [-0.1, -0.05) is 70.9 Å². The van der Waals surface area contributed by atoms with Crippen LogP contribution in [0, 0.1) is 0 Å². The second-order valence-electron chi connectivity index (χ2n) is 9.42. The molecule has 0 saturated heterocycles. The Bertz CT molecular complexity index is 670. The summed E-state index contributed by atoms with van der Waals surface area (Å²) in [4.78, 5) is 33.7. The minimum atomic E-state index is -4.58. The largest absolute Gasteiger partial charge is 0.472 e. The van der Waals surface area contributed by atoms with Crippen LogP contribution in [0.2, 0.25) is 0 Å². The molecule has 0 aromatic rings. The number of ether oxygens (including phenoxy) is 2. The van der Waals surface area contributed by atoms with Crippen LogP contribution in [0.5, 0.6) is 0 Å². The summed E-state index contributed by atoms with van der Waals surface area (Å²) in [6, 6.07) is 0. The molecule has 3 N–H and O–H groups in total. The third kappa shape index (κ3) is 23.8. The summed E-state index contributed by atoms with van der Waals surface area (Å²) in [5.41, 5.74) is 0. The van der Waals surface area contributed by atoms with E-state index in [9.17, 15) is 24.2 Å². The summed E-state index contributed by atoms with van der Waals surface area (Å²) in [6.07, 6.45) is 16.6. The Morgan fingerprint density at radius 3 is 1.95 bits per heavy atom. The van der Waals surface area contributed by atoms with E-state index in [1.807, 2.05) is 6.92 Å². The molecule has 0 aliphatic heterocycles. The number of aliphatic hydroxyl groups excluding tert-OH is 2. The van der Waals surface area contributed by atoms with Crippen LogP contribution in [0.15, 0.2) is 12.2 Å². The standard InChI is InChI=1S/C27H51O10P/c1-3-5-6-7-8-9-10-11-12-13-14-15-16-17-19-27(31)37-25(22-34-26(30)18-4-2)23-36-38(32,33)35-21-24(29)20-28/h10-11,24-25,28-29H,3-9,12-23H2,1-2H3,(H,32,33)/b11-10-. The van der Waals surface area contributed by atoms with Crippen molar-refractivity contribution >= 4 is 19.8 Å². The molecule has 11 heteroatoms. The molecule has 0 rings (SSSR count). The Hall–Kier alpha value is -1.29. The fraction of sp³-hybridized carbons (Fsp3) is 0.852. The summed E-state index contributed by atoms with van der Waals surface area (Å²) in [5.74, 6) is -0.999. The normalized spacial score (nSPS) is 14.8. The van der Waals surface area contributed by atoms with Crippen molar-refractivity contribution in [3.63, 3.8) is 0 Å². The van der Waals surface area contributed by atoms with Gasteiger partial charge in [0.15, 0.2) is 6.10 Å². The van der Waals surface area contributed by atoms with E-state index in [4.69, 9.17) is 19.1 Å². The lowest BCUT2D eigenvalue weighted by Crippen LogP contribution is -2.29. The number of esters is 2. The lowest BCUT2D eigenvalue weighted by Gasteiger charge is -2.20. The summed E-state index contributed by atoms with van der Waals surface area (Å²) in [6.45, 7) is 1.91. The van der Waals surface area contributed by atoms with Gasteiger partial charge < -0.3 is 24.6 Å². The van der Waals surface area contributed by atoms with Gasteiger partial charge in [-0.15, -0.1) is 0 Å². The number of allylic oxidation sites excluding steroid dienone is 2. The van der Waals surface area contributed by atoms with Gasteiger partial charge in [0.25, 0.3) is 0 Å². The van der Waals surface area contributed by atoms with Gasteiger partial charge in [-0.05, 0) is 38.5 Å². The fourth-order valence-corrected chi connectivity index (χ4v) is 4.22. The molecule has 0 bridgehead atoms. The molecule has 0 aliphatic carbocycles. The van der Waals surface area contributed by atoms with Crippen molar-refractivity contribution in [1.29, 1.82) is 0 Å². The van der Waals surface area contributed by atoms with Crippen LogP contribution < -0.4 is 0 Å². The minimum Gasteiger partial charge on any atom is -0.462 e.